The van der Waals surface area contributed by atoms with E-state index in [2.05, 4.69) is 0 Å². The van der Waals surface area contributed by atoms with Gasteiger partial charge in [0.25, 0.3) is 0 Å². The van der Waals surface area contributed by atoms with Crippen molar-refractivity contribution in [3.8, 4) is 0 Å². The van der Waals surface area contributed by atoms with Gasteiger partial charge in [-0.25, -0.2) is 0 Å². The van der Waals surface area contributed by atoms with Crippen LogP contribution in [-0.2, 0) is 4.74 Å². The predicted molar refractivity (Wildman–Crippen MR) is 38.7 cm³/mol. The molecule has 10 heavy (non-hydrogen) atoms. The number of rotatable bonds is 2. The summed E-state index contributed by atoms with van der Waals surface area (Å²) in [5.74, 6) is 3.37. The predicted octanol–water partition coefficient (Wildman–Crippen LogP) is 1.82. The first-order valence-corrected chi connectivity index (χ1v) is 4.55. The molecule has 3 rings (SSSR count). The van der Waals surface area contributed by atoms with E-state index in [9.17, 15) is 0 Å². The molecule has 3 fully saturated rings. The maximum atomic E-state index is 5.22. The monoisotopic (exact) mass is 138 g/mol. The first kappa shape index (κ1) is 5.59. The summed E-state index contributed by atoms with van der Waals surface area (Å²) < 4.78 is 5.22. The summed E-state index contributed by atoms with van der Waals surface area (Å²) in [5.41, 5.74) is 0. The Morgan fingerprint density at radius 2 is 2.20 bits per heavy atom. The number of ether oxygens (including phenoxy) is 1. The zero-order chi connectivity index (χ0) is 6.55. The number of epoxide rings is 1. The summed E-state index contributed by atoms with van der Waals surface area (Å²) in [6.45, 7) is 1.06. The molecule has 0 aromatic rings. The van der Waals surface area contributed by atoms with E-state index in [4.69, 9.17) is 4.74 Å². The number of hydrogen-bond acceptors (Lipinski definition) is 1. The summed E-state index contributed by atoms with van der Waals surface area (Å²) in [6.07, 6.45) is 6.67. The molecule has 0 amide bonds. The lowest BCUT2D eigenvalue weighted by Crippen LogP contribution is -2.44. The maximum absolute atomic E-state index is 5.22. The SMILES string of the molecule is C1OC1CC1CC2CCC21. The van der Waals surface area contributed by atoms with Crippen LogP contribution >= 0.6 is 0 Å². The van der Waals surface area contributed by atoms with Gasteiger partial charge in [0.15, 0.2) is 0 Å². The summed E-state index contributed by atoms with van der Waals surface area (Å²) in [7, 11) is 0. The molecular weight excluding hydrogens is 124 g/mol. The van der Waals surface area contributed by atoms with E-state index in [1.54, 1.807) is 0 Å². The van der Waals surface area contributed by atoms with Gasteiger partial charge in [-0.3, -0.25) is 0 Å². The second-order valence-electron chi connectivity index (χ2n) is 4.19. The summed E-state index contributed by atoms with van der Waals surface area (Å²) in [5, 5.41) is 0. The molecule has 4 unspecified atom stereocenters. The molecule has 4 atom stereocenters. The van der Waals surface area contributed by atoms with Crippen molar-refractivity contribution in [2.24, 2.45) is 17.8 Å². The van der Waals surface area contributed by atoms with E-state index in [1.807, 2.05) is 0 Å². The molecule has 2 saturated carbocycles. The lowest BCUT2D eigenvalue weighted by Gasteiger charge is -2.53. The fourth-order valence-electron chi connectivity index (χ4n) is 2.69. The van der Waals surface area contributed by atoms with Gasteiger partial charge in [-0.05, 0) is 43.4 Å². The molecule has 3 aliphatic rings. The maximum Gasteiger partial charge on any atom is 0.0812 e. The molecule has 1 aliphatic heterocycles. The lowest BCUT2D eigenvalue weighted by molar-refractivity contribution is -0.0326. The highest BCUT2D eigenvalue weighted by Gasteiger charge is 2.48. The fraction of sp³-hybridized carbons (Fsp3) is 1.00. The van der Waals surface area contributed by atoms with Crippen molar-refractivity contribution in [1.29, 1.82) is 0 Å². The Morgan fingerprint density at radius 1 is 1.30 bits per heavy atom. The highest BCUT2D eigenvalue weighted by molar-refractivity contribution is 4.98. The third-order valence-corrected chi connectivity index (χ3v) is 3.66. The van der Waals surface area contributed by atoms with Crippen molar-refractivity contribution in [2.75, 3.05) is 6.61 Å². The minimum Gasteiger partial charge on any atom is -0.373 e. The van der Waals surface area contributed by atoms with Crippen LogP contribution in [-0.4, -0.2) is 12.7 Å². The van der Waals surface area contributed by atoms with Crippen LogP contribution in [0.25, 0.3) is 0 Å². The molecule has 0 N–H and O–H groups in total. The van der Waals surface area contributed by atoms with Crippen molar-refractivity contribution in [2.45, 2.75) is 31.8 Å². The molecule has 0 radical (unpaired) electrons. The fourth-order valence-corrected chi connectivity index (χ4v) is 2.69. The Labute approximate surface area is 61.8 Å². The Bertz CT molecular complexity index is 151. The minimum atomic E-state index is 0.687. The van der Waals surface area contributed by atoms with Gasteiger partial charge in [0.1, 0.15) is 0 Å². The largest absolute Gasteiger partial charge is 0.373 e. The van der Waals surface area contributed by atoms with Crippen LogP contribution in [0.4, 0.5) is 0 Å². The molecule has 1 heteroatoms. The average Bonchev–Trinajstić information content (AvgIpc) is 2.64. The van der Waals surface area contributed by atoms with Gasteiger partial charge in [0, 0.05) is 0 Å². The second-order valence-corrected chi connectivity index (χ2v) is 4.19. The summed E-state index contributed by atoms with van der Waals surface area (Å²) in [6, 6.07) is 0. The molecule has 0 spiro atoms. The van der Waals surface area contributed by atoms with E-state index in [-0.39, 0.29) is 0 Å². The van der Waals surface area contributed by atoms with Crippen molar-refractivity contribution >= 4 is 0 Å². The normalized spacial score (nSPS) is 56.4. The highest BCUT2D eigenvalue weighted by Crippen LogP contribution is 2.56. The van der Waals surface area contributed by atoms with Gasteiger partial charge in [-0.2, -0.15) is 0 Å². The average molecular weight is 138 g/mol. The highest BCUT2D eigenvalue weighted by atomic mass is 16.6. The zero-order valence-electron chi connectivity index (χ0n) is 6.25. The molecule has 0 aromatic carbocycles. The molecule has 1 saturated heterocycles. The van der Waals surface area contributed by atoms with Gasteiger partial charge >= 0.3 is 0 Å². The van der Waals surface area contributed by atoms with Crippen LogP contribution in [0.2, 0.25) is 0 Å². The third kappa shape index (κ3) is 0.672. The van der Waals surface area contributed by atoms with Crippen LogP contribution in [0.5, 0.6) is 0 Å². The Balaban J connectivity index is 1.54. The van der Waals surface area contributed by atoms with E-state index < -0.39 is 0 Å². The van der Waals surface area contributed by atoms with Gasteiger partial charge in [0.05, 0.1) is 12.7 Å². The van der Waals surface area contributed by atoms with Crippen LogP contribution in [0.15, 0.2) is 0 Å². The summed E-state index contributed by atoms with van der Waals surface area (Å²) in [4.78, 5) is 0. The molecule has 56 valence electrons. The van der Waals surface area contributed by atoms with Crippen LogP contribution < -0.4 is 0 Å². The van der Waals surface area contributed by atoms with E-state index in [0.29, 0.717) is 6.10 Å². The lowest BCUT2D eigenvalue weighted by atomic mass is 9.52. The van der Waals surface area contributed by atoms with E-state index >= 15 is 0 Å². The molecule has 1 nitrogen and oxygen atoms in total. The number of fused-ring (bicyclic) bond motifs is 1. The standard InChI is InChI=1S/C9H14O/c1-2-9-6(1)3-7(9)4-8-5-10-8/h6-9H,1-5H2. The van der Waals surface area contributed by atoms with Gasteiger partial charge < -0.3 is 4.74 Å². The first-order chi connectivity index (χ1) is 4.93. The molecular formula is C9H14O. The molecule has 1 heterocycles. The van der Waals surface area contributed by atoms with Crippen molar-refractivity contribution in [3.63, 3.8) is 0 Å². The van der Waals surface area contributed by atoms with Crippen LogP contribution in [0.3, 0.4) is 0 Å². The quantitative estimate of drug-likeness (QED) is 0.530. The molecule has 0 aromatic heterocycles. The Hall–Kier alpha value is -0.0400. The van der Waals surface area contributed by atoms with Crippen LogP contribution in [0, 0.1) is 17.8 Å². The molecule has 2 aliphatic carbocycles. The first-order valence-electron chi connectivity index (χ1n) is 4.55. The number of hydrogen-bond donors (Lipinski definition) is 0. The smallest absolute Gasteiger partial charge is 0.0812 e. The summed E-state index contributed by atoms with van der Waals surface area (Å²) >= 11 is 0. The minimum absolute atomic E-state index is 0.687. The zero-order valence-corrected chi connectivity index (χ0v) is 6.25. The topological polar surface area (TPSA) is 12.5 Å². The van der Waals surface area contributed by atoms with Crippen molar-refractivity contribution < 1.29 is 4.74 Å². The van der Waals surface area contributed by atoms with Crippen molar-refractivity contribution in [1.82, 2.24) is 0 Å². The Kier molecular flexibility index (Phi) is 0.984. The molecule has 0 bridgehead atoms. The Morgan fingerprint density at radius 3 is 2.60 bits per heavy atom. The second kappa shape index (κ2) is 1.76. The van der Waals surface area contributed by atoms with Gasteiger partial charge in [0.2, 0.25) is 0 Å². The van der Waals surface area contributed by atoms with E-state index in [1.165, 1.54) is 25.7 Å². The van der Waals surface area contributed by atoms with Crippen LogP contribution in [0.1, 0.15) is 25.7 Å². The van der Waals surface area contributed by atoms with Crippen molar-refractivity contribution in [3.05, 3.63) is 0 Å². The van der Waals surface area contributed by atoms with Gasteiger partial charge in [-0.15, -0.1) is 0 Å². The van der Waals surface area contributed by atoms with E-state index in [0.717, 1.165) is 24.4 Å². The van der Waals surface area contributed by atoms with Gasteiger partial charge in [-0.1, -0.05) is 0 Å². The third-order valence-electron chi connectivity index (χ3n) is 3.66.